The fraction of sp³-hybridized carbons (Fsp3) is 0.241. The number of aliphatic hydroxyl groups excluding tert-OH is 1. The number of nitrogens with zero attached hydrogens (tertiary/aromatic N) is 1. The van der Waals surface area contributed by atoms with Gasteiger partial charge in [0, 0.05) is 31.4 Å². The van der Waals surface area contributed by atoms with Crippen molar-refractivity contribution in [2.45, 2.75) is 26.0 Å². The van der Waals surface area contributed by atoms with Gasteiger partial charge in [0.25, 0.3) is 11.7 Å². The van der Waals surface area contributed by atoms with Gasteiger partial charge in [-0.15, -0.1) is 0 Å². The smallest absolute Gasteiger partial charge is 0.295 e. The van der Waals surface area contributed by atoms with Crippen molar-refractivity contribution < 1.29 is 28.6 Å². The maximum absolute atomic E-state index is 14.8. The van der Waals surface area contributed by atoms with Gasteiger partial charge in [0.05, 0.1) is 11.6 Å². The molecule has 1 heterocycles. The molecule has 36 heavy (non-hydrogen) atoms. The third-order valence-electron chi connectivity index (χ3n) is 6.10. The first-order valence-corrected chi connectivity index (χ1v) is 11.7. The summed E-state index contributed by atoms with van der Waals surface area (Å²) in [6, 6.07) is 19.5. The van der Waals surface area contributed by atoms with Gasteiger partial charge in [-0.2, -0.15) is 0 Å². The Hall–Kier alpha value is -3.97. The van der Waals surface area contributed by atoms with E-state index in [-0.39, 0.29) is 23.4 Å². The van der Waals surface area contributed by atoms with E-state index in [9.17, 15) is 19.1 Å². The average Bonchev–Trinajstić information content (AvgIpc) is 3.13. The number of hydrogen-bond acceptors (Lipinski definition) is 5. The Bertz CT molecular complexity index is 1280. The molecule has 0 aliphatic carbocycles. The van der Waals surface area contributed by atoms with Gasteiger partial charge in [-0.3, -0.25) is 9.59 Å². The van der Waals surface area contributed by atoms with Crippen LogP contribution in [0.15, 0.2) is 78.4 Å². The summed E-state index contributed by atoms with van der Waals surface area (Å²) in [5.74, 6) is -1.97. The summed E-state index contributed by atoms with van der Waals surface area (Å²) in [6.45, 7) is 2.95. The molecule has 186 valence electrons. The number of carbonyl (C=O) groups is 2. The molecule has 0 spiro atoms. The van der Waals surface area contributed by atoms with E-state index in [0.29, 0.717) is 30.9 Å². The number of rotatable bonds is 9. The Morgan fingerprint density at radius 1 is 1.03 bits per heavy atom. The minimum atomic E-state index is -1.04. The predicted octanol–water partition coefficient (Wildman–Crippen LogP) is 5.17. The largest absolute Gasteiger partial charge is 0.507 e. The van der Waals surface area contributed by atoms with Crippen LogP contribution in [0, 0.1) is 12.7 Å². The number of halogens is 1. The summed E-state index contributed by atoms with van der Waals surface area (Å²) in [6.07, 6.45) is 0.460. The summed E-state index contributed by atoms with van der Waals surface area (Å²) in [5.41, 5.74) is 2.50. The van der Waals surface area contributed by atoms with Crippen molar-refractivity contribution in [3.05, 3.63) is 106 Å². The van der Waals surface area contributed by atoms with Crippen LogP contribution in [-0.4, -0.2) is 42.0 Å². The number of aliphatic hydroxyl groups is 1. The molecule has 1 saturated heterocycles. The van der Waals surface area contributed by atoms with Crippen LogP contribution < -0.4 is 4.74 Å². The number of aryl methyl sites for hydroxylation is 1. The van der Waals surface area contributed by atoms with E-state index in [4.69, 9.17) is 9.47 Å². The van der Waals surface area contributed by atoms with Crippen LogP contribution in [0.2, 0.25) is 0 Å². The third-order valence-corrected chi connectivity index (χ3v) is 6.10. The molecular formula is C29H28FNO5. The molecular weight excluding hydrogens is 461 g/mol. The van der Waals surface area contributed by atoms with E-state index in [2.05, 4.69) is 0 Å². The van der Waals surface area contributed by atoms with Crippen molar-refractivity contribution in [1.29, 1.82) is 0 Å². The molecule has 0 aromatic heterocycles. The molecule has 4 rings (SSSR count). The average molecular weight is 490 g/mol. The van der Waals surface area contributed by atoms with Crippen molar-refractivity contribution in [2.24, 2.45) is 0 Å². The van der Waals surface area contributed by atoms with E-state index in [1.54, 1.807) is 30.3 Å². The molecule has 0 saturated carbocycles. The minimum absolute atomic E-state index is 0.143. The summed E-state index contributed by atoms with van der Waals surface area (Å²) in [4.78, 5) is 27.2. The number of Topliss-reactive ketones (excluding diaryl/α,β-unsaturated/α-hetero) is 1. The van der Waals surface area contributed by atoms with Gasteiger partial charge in [0.1, 0.15) is 23.9 Å². The van der Waals surface area contributed by atoms with E-state index in [0.717, 1.165) is 11.1 Å². The number of ketones is 1. The number of amides is 1. The first-order valence-electron chi connectivity index (χ1n) is 11.7. The molecule has 0 radical (unpaired) electrons. The highest BCUT2D eigenvalue weighted by molar-refractivity contribution is 6.46. The molecule has 1 aliphatic rings. The third kappa shape index (κ3) is 5.31. The zero-order valence-corrected chi connectivity index (χ0v) is 20.2. The van der Waals surface area contributed by atoms with Gasteiger partial charge >= 0.3 is 0 Å². The van der Waals surface area contributed by atoms with Gasteiger partial charge in [-0.1, -0.05) is 48.0 Å². The van der Waals surface area contributed by atoms with Crippen molar-refractivity contribution in [2.75, 3.05) is 20.3 Å². The molecule has 1 atom stereocenters. The van der Waals surface area contributed by atoms with Gasteiger partial charge < -0.3 is 19.5 Å². The van der Waals surface area contributed by atoms with E-state index in [1.807, 2.05) is 31.2 Å². The molecule has 3 aromatic rings. The number of benzene rings is 3. The van der Waals surface area contributed by atoms with Crippen LogP contribution >= 0.6 is 0 Å². The summed E-state index contributed by atoms with van der Waals surface area (Å²) < 4.78 is 25.7. The Balaban J connectivity index is 1.64. The van der Waals surface area contributed by atoms with Gasteiger partial charge in [0.15, 0.2) is 0 Å². The van der Waals surface area contributed by atoms with Crippen molar-refractivity contribution in [3.8, 4) is 5.75 Å². The van der Waals surface area contributed by atoms with Crippen molar-refractivity contribution >= 4 is 17.4 Å². The maximum atomic E-state index is 14.8. The molecule has 1 amide bonds. The summed E-state index contributed by atoms with van der Waals surface area (Å²) >= 11 is 0. The Morgan fingerprint density at radius 3 is 2.47 bits per heavy atom. The van der Waals surface area contributed by atoms with Crippen LogP contribution in [0.5, 0.6) is 5.75 Å². The number of hydrogen-bond donors (Lipinski definition) is 1. The van der Waals surface area contributed by atoms with Crippen LogP contribution in [0.1, 0.15) is 34.7 Å². The molecule has 1 N–H and O–H groups in total. The monoisotopic (exact) mass is 489 g/mol. The second-order valence-electron chi connectivity index (χ2n) is 8.66. The number of ether oxygens (including phenoxy) is 2. The Morgan fingerprint density at radius 2 is 1.78 bits per heavy atom. The normalized spacial score (nSPS) is 17.0. The van der Waals surface area contributed by atoms with Crippen LogP contribution in [0.25, 0.3) is 5.76 Å². The van der Waals surface area contributed by atoms with Gasteiger partial charge in [-0.25, -0.2) is 4.39 Å². The molecule has 6 nitrogen and oxygen atoms in total. The fourth-order valence-electron chi connectivity index (χ4n) is 4.34. The highest BCUT2D eigenvalue weighted by atomic mass is 19.1. The summed E-state index contributed by atoms with van der Waals surface area (Å²) in [7, 11) is 1.54. The quantitative estimate of drug-likeness (QED) is 0.194. The lowest BCUT2D eigenvalue weighted by Crippen LogP contribution is -2.31. The van der Waals surface area contributed by atoms with Crippen molar-refractivity contribution in [1.82, 2.24) is 4.90 Å². The Labute approximate surface area is 209 Å². The topological polar surface area (TPSA) is 76.1 Å². The van der Waals surface area contributed by atoms with Gasteiger partial charge in [-0.05, 0) is 49.2 Å². The standard InChI is InChI=1S/C29H28FNO5/c1-19-7-5-8-20(17-19)18-36-22-13-11-21(12-14-22)27(32)25-26(23-9-3-4-10-24(23)30)31(15-6-16-35-2)29(34)28(25)33/h3-5,7-14,17,26,32H,6,15-16,18H2,1-2H3/t26-/m1/s1. The second kappa shape index (κ2) is 11.2. The highest BCUT2D eigenvalue weighted by Gasteiger charge is 2.46. The highest BCUT2D eigenvalue weighted by Crippen LogP contribution is 2.40. The van der Waals surface area contributed by atoms with Crippen molar-refractivity contribution in [3.63, 3.8) is 0 Å². The zero-order valence-electron chi connectivity index (χ0n) is 20.2. The van der Waals surface area contributed by atoms with E-state index >= 15 is 0 Å². The molecule has 1 fully saturated rings. The lowest BCUT2D eigenvalue weighted by atomic mass is 9.95. The number of methoxy groups -OCH3 is 1. The lowest BCUT2D eigenvalue weighted by molar-refractivity contribution is -0.140. The fourth-order valence-corrected chi connectivity index (χ4v) is 4.34. The molecule has 0 unspecified atom stereocenters. The predicted molar refractivity (Wildman–Crippen MR) is 134 cm³/mol. The van der Waals surface area contributed by atoms with Crippen LogP contribution in [0.4, 0.5) is 4.39 Å². The number of likely N-dealkylation sites (tertiary alicyclic amines) is 1. The lowest BCUT2D eigenvalue weighted by Gasteiger charge is -2.25. The second-order valence-corrected chi connectivity index (χ2v) is 8.66. The zero-order chi connectivity index (χ0) is 25.7. The summed E-state index contributed by atoms with van der Waals surface area (Å²) in [5, 5.41) is 11.1. The molecule has 0 bridgehead atoms. The first-order chi connectivity index (χ1) is 17.4. The SMILES string of the molecule is COCCCN1C(=O)C(=O)C(=C(O)c2ccc(OCc3cccc(C)c3)cc2)[C@H]1c1ccccc1F. The van der Waals surface area contributed by atoms with E-state index < -0.39 is 23.5 Å². The Kier molecular flexibility index (Phi) is 7.80. The maximum Gasteiger partial charge on any atom is 0.295 e. The van der Waals surface area contributed by atoms with Gasteiger partial charge in [0.2, 0.25) is 0 Å². The van der Waals surface area contributed by atoms with Crippen LogP contribution in [-0.2, 0) is 20.9 Å². The first kappa shape index (κ1) is 25.1. The van der Waals surface area contributed by atoms with Crippen LogP contribution in [0.3, 0.4) is 0 Å². The minimum Gasteiger partial charge on any atom is -0.507 e. The number of carbonyl (C=O) groups excluding carboxylic acids is 2. The molecule has 1 aliphatic heterocycles. The molecule has 7 heteroatoms. The van der Waals surface area contributed by atoms with E-state index in [1.165, 1.54) is 30.2 Å². The molecule has 3 aromatic carbocycles.